The first-order valence-corrected chi connectivity index (χ1v) is 9.56. The molecule has 0 radical (unpaired) electrons. The Balaban J connectivity index is 1.68. The molecule has 144 valence electrons. The minimum Gasteiger partial charge on any atom is -0.508 e. The van der Waals surface area contributed by atoms with E-state index >= 15 is 0 Å². The molecule has 1 aliphatic rings. The quantitative estimate of drug-likeness (QED) is 0.700. The molecule has 0 spiro atoms. The summed E-state index contributed by atoms with van der Waals surface area (Å²) in [4.78, 5) is 19.2. The number of pyridine rings is 1. The van der Waals surface area contributed by atoms with Gasteiger partial charge in [0.05, 0.1) is 6.04 Å². The molecule has 1 saturated heterocycles. The zero-order valence-electron chi connectivity index (χ0n) is 15.9. The highest BCUT2D eigenvalue weighted by Gasteiger charge is 2.34. The van der Waals surface area contributed by atoms with Crippen LogP contribution in [0, 0.1) is 0 Å². The van der Waals surface area contributed by atoms with Gasteiger partial charge in [-0.05, 0) is 42.2 Å². The number of carbonyl (C=O) groups is 1. The van der Waals surface area contributed by atoms with E-state index in [2.05, 4.69) is 22.8 Å². The van der Waals surface area contributed by atoms with Crippen LogP contribution in [0.1, 0.15) is 55.8 Å². The highest BCUT2D eigenvalue weighted by atomic mass is 16.3. The first kappa shape index (κ1) is 19.3. The smallest absolute Gasteiger partial charge is 0.241 e. The van der Waals surface area contributed by atoms with Crippen molar-refractivity contribution in [2.45, 2.75) is 50.7 Å². The van der Waals surface area contributed by atoms with Crippen molar-refractivity contribution >= 4 is 5.91 Å². The lowest BCUT2D eigenvalue weighted by Crippen LogP contribution is -2.45. The van der Waals surface area contributed by atoms with E-state index in [9.17, 15) is 9.90 Å². The van der Waals surface area contributed by atoms with Crippen LogP contribution in [0.3, 0.4) is 0 Å². The van der Waals surface area contributed by atoms with E-state index in [1.807, 2.05) is 42.4 Å². The van der Waals surface area contributed by atoms with E-state index in [1.165, 1.54) is 0 Å². The Labute approximate surface area is 160 Å². The molecule has 3 rings (SSSR count). The molecule has 1 amide bonds. The largest absolute Gasteiger partial charge is 0.508 e. The van der Waals surface area contributed by atoms with E-state index in [4.69, 9.17) is 0 Å². The summed E-state index contributed by atoms with van der Waals surface area (Å²) < 4.78 is 0. The number of likely N-dealkylation sites (N-methyl/N-ethyl adjacent to an activating group) is 1. The molecule has 1 fully saturated rings. The van der Waals surface area contributed by atoms with Crippen molar-refractivity contribution in [2.75, 3.05) is 7.05 Å². The maximum atomic E-state index is 13.1. The molecule has 3 atom stereocenters. The van der Waals surface area contributed by atoms with Crippen molar-refractivity contribution in [2.24, 2.45) is 0 Å². The number of amides is 1. The topological polar surface area (TPSA) is 77.5 Å². The number of benzene rings is 1. The number of carbonyl (C=O) groups excluding carboxylic acids is 1. The first-order chi connectivity index (χ1) is 13.1. The Hall–Kier alpha value is -2.44. The second-order valence-corrected chi connectivity index (χ2v) is 7.11. The van der Waals surface area contributed by atoms with Gasteiger partial charge in [-0.15, -0.1) is 0 Å². The Morgan fingerprint density at radius 1 is 1.30 bits per heavy atom. The van der Waals surface area contributed by atoms with Gasteiger partial charge in [0.1, 0.15) is 11.8 Å². The Bertz CT molecular complexity index is 736. The minimum absolute atomic E-state index is 0.0284. The van der Waals surface area contributed by atoms with E-state index in [1.54, 1.807) is 18.3 Å². The summed E-state index contributed by atoms with van der Waals surface area (Å²) in [5, 5.41) is 9.45. The summed E-state index contributed by atoms with van der Waals surface area (Å²) in [7, 11) is 1.88. The van der Waals surface area contributed by atoms with Crippen molar-refractivity contribution < 1.29 is 9.90 Å². The van der Waals surface area contributed by atoms with Crippen LogP contribution in [0.15, 0.2) is 48.8 Å². The molecule has 3 unspecified atom stereocenters. The molecule has 2 heterocycles. The predicted molar refractivity (Wildman–Crippen MR) is 105 cm³/mol. The van der Waals surface area contributed by atoms with Crippen molar-refractivity contribution in [3.63, 3.8) is 0 Å². The second-order valence-electron chi connectivity index (χ2n) is 7.11. The number of aromatic hydroxyl groups is 1. The lowest BCUT2D eigenvalue weighted by atomic mass is 9.98. The number of rotatable bonds is 7. The fourth-order valence-electron chi connectivity index (χ4n) is 3.60. The van der Waals surface area contributed by atoms with Gasteiger partial charge in [-0.2, -0.15) is 0 Å². The third kappa shape index (κ3) is 4.64. The van der Waals surface area contributed by atoms with Gasteiger partial charge in [0.2, 0.25) is 5.91 Å². The predicted octanol–water partition coefficient (Wildman–Crippen LogP) is 3.08. The van der Waals surface area contributed by atoms with Crippen LogP contribution in [0.25, 0.3) is 0 Å². The number of hydrazine groups is 1. The van der Waals surface area contributed by atoms with Crippen molar-refractivity contribution in [1.82, 2.24) is 20.7 Å². The minimum atomic E-state index is -0.283. The summed E-state index contributed by atoms with van der Waals surface area (Å²) in [6.45, 7) is 2.16. The maximum absolute atomic E-state index is 13.1. The van der Waals surface area contributed by atoms with Gasteiger partial charge in [0, 0.05) is 25.5 Å². The van der Waals surface area contributed by atoms with Gasteiger partial charge in [-0.25, -0.2) is 10.9 Å². The summed E-state index contributed by atoms with van der Waals surface area (Å²) in [5.41, 5.74) is 8.47. The van der Waals surface area contributed by atoms with Gasteiger partial charge in [0.15, 0.2) is 0 Å². The van der Waals surface area contributed by atoms with Crippen LogP contribution < -0.4 is 10.9 Å². The van der Waals surface area contributed by atoms with Crippen molar-refractivity contribution in [3.05, 3.63) is 59.9 Å². The SMILES string of the molecule is CCCCC(c1cccnc1)N(C)C(=O)C1CC(c2ccc(O)cc2)NN1. The number of nitrogens with zero attached hydrogens (tertiary/aromatic N) is 2. The van der Waals surface area contributed by atoms with E-state index in [0.29, 0.717) is 6.42 Å². The molecule has 27 heavy (non-hydrogen) atoms. The lowest BCUT2D eigenvalue weighted by molar-refractivity contribution is -0.134. The molecule has 0 saturated carbocycles. The summed E-state index contributed by atoms with van der Waals surface area (Å²) >= 11 is 0. The fourth-order valence-corrected chi connectivity index (χ4v) is 3.60. The standard InChI is InChI=1S/C21H28N4O2/c1-3-4-7-20(16-6-5-12-22-14-16)25(2)21(27)19-13-18(23-24-19)15-8-10-17(26)11-9-15/h5-6,8-12,14,18-20,23-24,26H,3-4,7,13H2,1-2H3. The van der Waals surface area contributed by atoms with E-state index in [0.717, 1.165) is 30.4 Å². The third-order valence-electron chi connectivity index (χ3n) is 5.21. The zero-order chi connectivity index (χ0) is 19.2. The Morgan fingerprint density at radius 2 is 2.07 bits per heavy atom. The second kappa shape index (κ2) is 8.97. The van der Waals surface area contributed by atoms with Gasteiger partial charge in [-0.1, -0.05) is 38.0 Å². The normalized spacial score (nSPS) is 20.4. The molecular formula is C21H28N4O2. The molecule has 0 aliphatic carbocycles. The fraction of sp³-hybridized carbons (Fsp3) is 0.429. The van der Waals surface area contributed by atoms with Crippen LogP contribution in [-0.4, -0.2) is 34.0 Å². The van der Waals surface area contributed by atoms with Crippen molar-refractivity contribution in [1.29, 1.82) is 0 Å². The molecule has 1 aromatic carbocycles. The number of hydrogen-bond donors (Lipinski definition) is 3. The van der Waals surface area contributed by atoms with Crippen LogP contribution in [0.4, 0.5) is 0 Å². The molecule has 1 aliphatic heterocycles. The average Bonchev–Trinajstić information content (AvgIpc) is 3.19. The number of nitrogens with one attached hydrogen (secondary N) is 2. The van der Waals surface area contributed by atoms with Crippen LogP contribution >= 0.6 is 0 Å². The van der Waals surface area contributed by atoms with Gasteiger partial charge in [0.25, 0.3) is 0 Å². The van der Waals surface area contributed by atoms with Gasteiger partial charge in [-0.3, -0.25) is 9.78 Å². The number of phenols is 1. The number of phenolic OH excluding ortho intramolecular Hbond substituents is 1. The van der Waals surface area contributed by atoms with Gasteiger partial charge >= 0.3 is 0 Å². The number of unbranched alkanes of at least 4 members (excludes halogenated alkanes) is 1. The number of aromatic nitrogens is 1. The molecular weight excluding hydrogens is 340 g/mol. The maximum Gasteiger partial charge on any atom is 0.241 e. The van der Waals surface area contributed by atoms with Crippen LogP contribution in [0.5, 0.6) is 5.75 Å². The zero-order valence-corrected chi connectivity index (χ0v) is 15.9. The number of hydrogen-bond acceptors (Lipinski definition) is 5. The molecule has 6 nitrogen and oxygen atoms in total. The molecule has 0 bridgehead atoms. The van der Waals surface area contributed by atoms with E-state index < -0.39 is 0 Å². The van der Waals surface area contributed by atoms with E-state index in [-0.39, 0.29) is 29.8 Å². The molecule has 2 aromatic rings. The Kier molecular flexibility index (Phi) is 6.42. The average molecular weight is 368 g/mol. The molecule has 1 aromatic heterocycles. The van der Waals surface area contributed by atoms with Crippen molar-refractivity contribution in [3.8, 4) is 5.75 Å². The molecule has 3 N–H and O–H groups in total. The van der Waals surface area contributed by atoms with Gasteiger partial charge < -0.3 is 10.0 Å². The molecule has 6 heteroatoms. The lowest BCUT2D eigenvalue weighted by Gasteiger charge is -2.30. The Morgan fingerprint density at radius 3 is 2.74 bits per heavy atom. The monoisotopic (exact) mass is 368 g/mol. The first-order valence-electron chi connectivity index (χ1n) is 9.56. The summed E-state index contributed by atoms with van der Waals surface area (Å²) in [6.07, 6.45) is 7.35. The highest BCUT2D eigenvalue weighted by molar-refractivity contribution is 5.82. The summed E-state index contributed by atoms with van der Waals surface area (Å²) in [6, 6.07) is 10.8. The summed E-state index contributed by atoms with van der Waals surface area (Å²) in [5.74, 6) is 0.320. The van der Waals surface area contributed by atoms with Crippen LogP contribution in [-0.2, 0) is 4.79 Å². The third-order valence-corrected chi connectivity index (χ3v) is 5.21. The van der Waals surface area contributed by atoms with Crippen LogP contribution in [0.2, 0.25) is 0 Å². The highest BCUT2D eigenvalue weighted by Crippen LogP contribution is 2.29.